The summed E-state index contributed by atoms with van der Waals surface area (Å²) in [5, 5.41) is 11.8. The van der Waals surface area contributed by atoms with E-state index >= 15 is 4.79 Å². The highest BCUT2D eigenvalue weighted by molar-refractivity contribution is 6.30. The number of benzene rings is 2. The van der Waals surface area contributed by atoms with Crippen molar-refractivity contribution in [2.75, 3.05) is 61.9 Å². The highest BCUT2D eigenvalue weighted by atomic mass is 35.5. The van der Waals surface area contributed by atoms with Gasteiger partial charge in [-0.1, -0.05) is 96.7 Å². The minimum absolute atomic E-state index is 0.0112. The van der Waals surface area contributed by atoms with E-state index in [-0.39, 0.29) is 62.7 Å². The Morgan fingerprint density at radius 3 is 1.73 bits per heavy atom. The third-order valence-electron chi connectivity index (χ3n) is 18.3. The van der Waals surface area contributed by atoms with E-state index in [0.717, 1.165) is 38.2 Å². The molecule has 0 bridgehead atoms. The second-order valence-electron chi connectivity index (χ2n) is 27.3. The molecule has 22 nitrogen and oxygen atoms in total. The number of likely N-dealkylation sites (N-methyl/N-ethyl adjacent to an activating group) is 6. The molecule has 1 saturated carbocycles. The molecular weight excluding hydrogens is 1230 g/mol. The molecule has 0 aromatic heterocycles. The van der Waals surface area contributed by atoms with Crippen molar-refractivity contribution in [3.8, 4) is 0 Å². The summed E-state index contributed by atoms with van der Waals surface area (Å²) in [5.74, 6) is -8.13. The Balaban J connectivity index is 1.58. The number of nitrogens with one attached hydrogen (secondary N) is 4. The van der Waals surface area contributed by atoms with Crippen LogP contribution in [0, 0.1) is 23.7 Å². The first-order chi connectivity index (χ1) is 43.4. The molecule has 2 aromatic carbocycles. The molecular formula is C67H99ClF3N11O11. The molecule has 2 saturated heterocycles. The van der Waals surface area contributed by atoms with Crippen LogP contribution in [0.25, 0.3) is 0 Å². The molecule has 2 aliphatic heterocycles. The second kappa shape index (κ2) is 33.2. The van der Waals surface area contributed by atoms with Gasteiger partial charge in [-0.05, 0) is 125 Å². The van der Waals surface area contributed by atoms with Crippen LogP contribution in [0.1, 0.15) is 143 Å². The van der Waals surface area contributed by atoms with Gasteiger partial charge in [-0.15, -0.1) is 0 Å². The van der Waals surface area contributed by atoms with Gasteiger partial charge in [0.1, 0.15) is 41.8 Å². The summed E-state index contributed by atoms with van der Waals surface area (Å²) in [4.78, 5) is 169. The predicted molar refractivity (Wildman–Crippen MR) is 345 cm³/mol. The Kier molecular flexibility index (Phi) is 27.3. The molecule has 2 aromatic rings. The molecule has 1 aliphatic carbocycles. The number of carbonyl (C=O) groups is 11. The summed E-state index contributed by atoms with van der Waals surface area (Å²) in [6, 6.07) is 2.35. The molecule has 516 valence electrons. The Morgan fingerprint density at radius 1 is 0.613 bits per heavy atom. The van der Waals surface area contributed by atoms with E-state index in [1.165, 1.54) is 83.0 Å². The normalized spacial score (nSPS) is 26.2. The number of aryl methyl sites for hydroxylation is 1. The van der Waals surface area contributed by atoms with Crippen LogP contribution in [0.3, 0.4) is 0 Å². The third-order valence-corrected chi connectivity index (χ3v) is 18.6. The van der Waals surface area contributed by atoms with E-state index < -0.39 is 156 Å². The summed E-state index contributed by atoms with van der Waals surface area (Å²) in [6.45, 7) is 13.9. The number of alkyl halides is 3. The van der Waals surface area contributed by atoms with Gasteiger partial charge < -0.3 is 55.6 Å². The van der Waals surface area contributed by atoms with Crippen LogP contribution in [0.4, 0.5) is 13.2 Å². The van der Waals surface area contributed by atoms with Gasteiger partial charge in [0, 0.05) is 72.2 Å². The highest BCUT2D eigenvalue weighted by Crippen LogP contribution is 2.41. The Bertz CT molecular complexity index is 3000. The van der Waals surface area contributed by atoms with Crippen molar-refractivity contribution in [2.24, 2.45) is 23.7 Å². The number of fused-ring (bicyclic) bond motifs is 3. The van der Waals surface area contributed by atoms with Crippen LogP contribution in [0.15, 0.2) is 48.5 Å². The van der Waals surface area contributed by atoms with Crippen molar-refractivity contribution in [1.29, 1.82) is 0 Å². The van der Waals surface area contributed by atoms with Gasteiger partial charge in [0.25, 0.3) is 0 Å². The van der Waals surface area contributed by atoms with E-state index in [4.69, 9.17) is 11.6 Å². The lowest BCUT2D eigenvalue weighted by Gasteiger charge is -2.38. The maximum Gasteiger partial charge on any atom is 0.416 e. The van der Waals surface area contributed by atoms with E-state index in [1.807, 2.05) is 34.6 Å². The van der Waals surface area contributed by atoms with Crippen LogP contribution in [-0.4, -0.2) is 215 Å². The van der Waals surface area contributed by atoms with Crippen molar-refractivity contribution in [1.82, 2.24) is 55.6 Å². The fraction of sp³-hybridized carbons (Fsp3) is 0.657. The molecule has 26 heteroatoms. The molecule has 0 radical (unpaired) electrons. The van der Waals surface area contributed by atoms with Gasteiger partial charge in [0.2, 0.25) is 65.0 Å². The van der Waals surface area contributed by atoms with E-state index in [0.29, 0.717) is 41.8 Å². The zero-order chi connectivity index (χ0) is 69.7. The van der Waals surface area contributed by atoms with Crippen LogP contribution in [0.2, 0.25) is 5.02 Å². The third kappa shape index (κ3) is 20.6. The lowest BCUT2D eigenvalue weighted by atomic mass is 9.84. The van der Waals surface area contributed by atoms with Crippen molar-refractivity contribution < 1.29 is 65.9 Å². The highest BCUT2D eigenvalue weighted by Gasteiger charge is 2.51. The summed E-state index contributed by atoms with van der Waals surface area (Å²) < 4.78 is 41.1. The molecule has 93 heavy (non-hydrogen) atoms. The zero-order valence-electron chi connectivity index (χ0n) is 56.8. The maximum atomic E-state index is 15.5. The quantitative estimate of drug-likeness (QED) is 0.220. The fourth-order valence-corrected chi connectivity index (χ4v) is 12.7. The van der Waals surface area contributed by atoms with Gasteiger partial charge >= 0.3 is 6.18 Å². The average molecular weight is 1330 g/mol. The first kappa shape index (κ1) is 76.4. The first-order valence-electron chi connectivity index (χ1n) is 32.3. The van der Waals surface area contributed by atoms with E-state index in [2.05, 4.69) is 21.3 Å². The summed E-state index contributed by atoms with van der Waals surface area (Å²) in [5.41, 5.74) is -1.61. The fourth-order valence-electron chi connectivity index (χ4n) is 12.6. The van der Waals surface area contributed by atoms with Crippen LogP contribution in [0.5, 0.6) is 0 Å². The minimum atomic E-state index is -4.62. The number of hydrogen-bond acceptors (Lipinski definition) is 11. The lowest BCUT2D eigenvalue weighted by Crippen LogP contribution is -2.63. The van der Waals surface area contributed by atoms with Crippen molar-refractivity contribution in [3.63, 3.8) is 0 Å². The lowest BCUT2D eigenvalue weighted by molar-refractivity contribution is -0.149. The SMILES string of the molecule is CC[C@H](C)[C@@H]1NC(=O)[C@H](CC(C)C)N(C)C(=O)C[C@@H](C)NC(=O)[C@H](CC(C)C)N(C)C(=O)C(C)(C)NC(=O)[C@@H]2C[C@@H]3CCCC[C@@H]3N2C(=O)[C@H](CCc2ccc(C(F)(F)F)cc2)NC(=O)CN(C)C(=O)[C@H](Cc2ccc(Cl)cc2)N(C)C(=O)CN(C)C(=O)CN(C)C1=O. The maximum absolute atomic E-state index is 15.5. The number of halogens is 4. The molecule has 2 heterocycles. The molecule has 3 fully saturated rings. The van der Waals surface area contributed by atoms with Crippen molar-refractivity contribution in [2.45, 2.75) is 199 Å². The average Bonchev–Trinajstić information content (AvgIpc) is 1.65. The summed E-state index contributed by atoms with van der Waals surface area (Å²) in [6.07, 6.45) is -1.48. The van der Waals surface area contributed by atoms with Crippen molar-refractivity contribution in [3.05, 3.63) is 70.2 Å². The first-order valence-corrected chi connectivity index (χ1v) is 32.7. The number of nitrogens with zero attached hydrogens (tertiary/aromatic N) is 7. The molecule has 0 unspecified atom stereocenters. The zero-order valence-corrected chi connectivity index (χ0v) is 57.5. The van der Waals surface area contributed by atoms with Crippen LogP contribution >= 0.6 is 11.6 Å². The van der Waals surface area contributed by atoms with Crippen molar-refractivity contribution >= 4 is 76.6 Å². The Labute approximate surface area is 551 Å². The van der Waals surface area contributed by atoms with Gasteiger partial charge in [0.05, 0.1) is 25.2 Å². The Hall–Kier alpha value is -7.31. The molecule has 0 spiro atoms. The molecule has 5 rings (SSSR count). The smallest absolute Gasteiger partial charge is 0.351 e. The van der Waals surface area contributed by atoms with Gasteiger partial charge in [-0.25, -0.2) is 0 Å². The van der Waals surface area contributed by atoms with E-state index in [1.54, 1.807) is 38.1 Å². The number of amides is 11. The van der Waals surface area contributed by atoms with Gasteiger partial charge in [-0.2, -0.15) is 13.2 Å². The summed E-state index contributed by atoms with van der Waals surface area (Å²) >= 11 is 6.23. The number of hydrogen-bond donors (Lipinski definition) is 4. The summed E-state index contributed by atoms with van der Waals surface area (Å²) in [7, 11) is 8.33. The van der Waals surface area contributed by atoms with Crippen LogP contribution in [-0.2, 0) is 71.8 Å². The molecule has 4 N–H and O–H groups in total. The minimum Gasteiger partial charge on any atom is -0.351 e. The second-order valence-corrected chi connectivity index (χ2v) is 27.7. The molecule has 10 atom stereocenters. The topological polar surface area (TPSA) is 259 Å². The van der Waals surface area contributed by atoms with Crippen LogP contribution < -0.4 is 21.3 Å². The molecule has 3 aliphatic rings. The predicted octanol–water partition coefficient (Wildman–Crippen LogP) is 5.46. The van der Waals surface area contributed by atoms with E-state index in [9.17, 15) is 61.1 Å². The monoisotopic (exact) mass is 1330 g/mol. The Morgan fingerprint density at radius 2 is 1.15 bits per heavy atom. The van der Waals surface area contributed by atoms with Gasteiger partial charge in [0.15, 0.2) is 0 Å². The molecule has 11 amide bonds. The standard InChI is InChI=1S/C67H99ClF3N11O11/c1-16-41(6)58-64(92)78(12)37-56(85)76(10)38-57(86)80(14)53(34-44-23-28-47(68)29-24-44)63(91)77(11)36-54(83)73-48(30-25-43-21-26-46(27-22-43)67(69,70)71)62(90)82-49-20-18-17-19-45(49)35-52(82)61(89)75-66(8,9)65(93)81(15)51(32-40(4)5)59(87)72-42(7)33-55(84)79(13)50(31-39(2)3)60(88)74-58/h21-24,26-29,39-42,45,48-53,58H,16-20,25,30-38H2,1-15H3,(H,72,87)(H,73,83)(H,74,88)(H,75,89)/t41-,42+,45-,48-,49-,50-,51-,52-,53-,58-/m0/s1. The number of rotatable bonds is 11. The largest absolute Gasteiger partial charge is 0.416 e. The number of carbonyl (C=O) groups excluding carboxylic acids is 11. The van der Waals surface area contributed by atoms with Gasteiger partial charge in [-0.3, -0.25) is 52.7 Å².